The molecule has 2 N–H and O–H groups in total. The number of hydrogen-bond donors (Lipinski definition) is 2. The zero-order chi connectivity index (χ0) is 34.1. The third-order valence-corrected chi connectivity index (χ3v) is 7.27. The molecule has 0 saturated carbocycles. The topological polar surface area (TPSA) is 103 Å². The molecule has 9 nitrogen and oxygen atoms in total. The molecule has 0 saturated heterocycles. The minimum absolute atomic E-state index is 0.000178. The fraction of sp³-hybridized carbons (Fsp3) is 0.333. The van der Waals surface area contributed by atoms with Gasteiger partial charge >= 0.3 is 12.4 Å². The van der Waals surface area contributed by atoms with E-state index in [0.717, 1.165) is 16.8 Å². The quantitative estimate of drug-likeness (QED) is 0.128. The Bertz CT molecular complexity index is 1790. The highest BCUT2D eigenvalue weighted by atomic mass is 35.5. The zero-order valence-electron chi connectivity index (χ0n) is 23.6. The summed E-state index contributed by atoms with van der Waals surface area (Å²) in [6.45, 7) is -2.82. The smallest absolute Gasteiger partial charge is 0.435 e. The highest BCUT2D eigenvalue weighted by Gasteiger charge is 2.35. The van der Waals surface area contributed by atoms with Crippen LogP contribution in [0.4, 0.5) is 46.8 Å². The number of rotatable bonds is 11. The number of carbonyl (C=O) groups excluding carboxylic acids is 2. The van der Waals surface area contributed by atoms with E-state index in [1.807, 2.05) is 0 Å². The van der Waals surface area contributed by atoms with Gasteiger partial charge in [0, 0.05) is 26.6 Å². The first kappa shape index (κ1) is 34.7. The number of ether oxygens (including phenoxy) is 1. The third kappa shape index (κ3) is 7.99. The molecule has 2 aromatic carbocycles. The van der Waals surface area contributed by atoms with Crippen molar-refractivity contribution in [2.24, 2.45) is 14.1 Å². The van der Waals surface area contributed by atoms with E-state index in [1.165, 1.54) is 30.8 Å². The largest absolute Gasteiger partial charge is 0.487 e. The highest BCUT2D eigenvalue weighted by Crippen LogP contribution is 2.37. The Morgan fingerprint density at radius 1 is 1.04 bits per heavy atom. The number of amides is 1. The molecule has 0 aliphatic rings. The Labute approximate surface area is 264 Å². The van der Waals surface area contributed by atoms with Gasteiger partial charge in [-0.15, -0.1) is 0 Å². The van der Waals surface area contributed by atoms with Crippen LogP contribution in [-0.4, -0.2) is 56.8 Å². The zero-order valence-corrected chi connectivity index (χ0v) is 25.1. The molecule has 2 aromatic heterocycles. The van der Waals surface area contributed by atoms with Gasteiger partial charge in [0.2, 0.25) is 5.95 Å². The van der Waals surface area contributed by atoms with Gasteiger partial charge in [-0.1, -0.05) is 29.3 Å². The first-order valence-electron chi connectivity index (χ1n) is 13.0. The normalized spacial score (nSPS) is 12.2. The molecule has 0 aliphatic heterocycles. The molecule has 19 heteroatoms. The van der Waals surface area contributed by atoms with Crippen LogP contribution >= 0.6 is 23.2 Å². The molecule has 46 heavy (non-hydrogen) atoms. The summed E-state index contributed by atoms with van der Waals surface area (Å²) in [5, 5.41) is 8.04. The number of anilines is 2. The number of aromatic nitrogens is 4. The molecule has 1 amide bonds. The van der Waals surface area contributed by atoms with Gasteiger partial charge in [-0.3, -0.25) is 14.3 Å². The maximum absolute atomic E-state index is 13.0. The standard InChI is InChI=1S/C27H22Cl2F8N6O3/c1-42-16-8-19(46-10-21(30)31)13(24(45)38-11-26(32,33)34)7-15(16)39-25(42)40-23-14(28)5-3-12(22(23)29)4-6-18(44)17-9-20(27(35,36)37)41-43(17)2/h3,5,7-9,21H,4,6,10-11H2,1-2H3,(H,38,45)(H,39,40). The van der Waals surface area contributed by atoms with Gasteiger partial charge in [0.25, 0.3) is 12.3 Å². The number of imidazole rings is 1. The second-order valence-corrected chi connectivity index (χ2v) is 10.6. The maximum atomic E-state index is 13.0. The van der Waals surface area contributed by atoms with Gasteiger partial charge in [0.05, 0.1) is 32.3 Å². The van der Waals surface area contributed by atoms with E-state index in [4.69, 9.17) is 27.9 Å². The van der Waals surface area contributed by atoms with Crippen molar-refractivity contribution >= 4 is 57.6 Å². The summed E-state index contributed by atoms with van der Waals surface area (Å²) in [4.78, 5) is 29.5. The Morgan fingerprint density at radius 3 is 2.35 bits per heavy atom. The summed E-state index contributed by atoms with van der Waals surface area (Å²) in [5.74, 6) is -2.23. The number of nitrogens with zero attached hydrogens (tertiary/aromatic N) is 4. The molecular weight excluding hydrogens is 679 g/mol. The molecule has 0 atom stereocenters. The van der Waals surface area contributed by atoms with Gasteiger partial charge in [-0.05, 0) is 30.2 Å². The second-order valence-electron chi connectivity index (χ2n) is 9.81. The van der Waals surface area contributed by atoms with Crippen LogP contribution in [-0.2, 0) is 26.7 Å². The molecule has 0 unspecified atom stereocenters. The summed E-state index contributed by atoms with van der Waals surface area (Å²) in [7, 11) is 2.70. The van der Waals surface area contributed by atoms with E-state index in [9.17, 15) is 44.7 Å². The van der Waals surface area contributed by atoms with Crippen LogP contribution in [0.1, 0.15) is 38.5 Å². The van der Waals surface area contributed by atoms with E-state index in [1.54, 1.807) is 5.32 Å². The van der Waals surface area contributed by atoms with Crippen LogP contribution in [0.25, 0.3) is 11.0 Å². The number of aryl methyl sites for hydroxylation is 3. The van der Waals surface area contributed by atoms with Crippen LogP contribution in [0.5, 0.6) is 5.75 Å². The van der Waals surface area contributed by atoms with Crippen molar-refractivity contribution in [1.82, 2.24) is 24.6 Å². The van der Waals surface area contributed by atoms with Crippen molar-refractivity contribution in [3.05, 3.63) is 62.9 Å². The molecule has 0 aliphatic carbocycles. The van der Waals surface area contributed by atoms with E-state index < -0.39 is 60.6 Å². The van der Waals surface area contributed by atoms with Crippen molar-refractivity contribution in [3.8, 4) is 5.75 Å². The van der Waals surface area contributed by atoms with Crippen LogP contribution < -0.4 is 15.4 Å². The SMILES string of the molecule is Cn1nc(C(F)(F)F)cc1C(=O)CCc1ccc(Cl)c(Nc2nc3cc(C(=O)NCC(F)(F)F)c(OCC(F)F)cc3n2C)c1Cl. The number of Topliss-reactive ketones (excluding diaryl/α,β-unsaturated/α-hetero) is 1. The lowest BCUT2D eigenvalue weighted by atomic mass is 10.0. The van der Waals surface area contributed by atoms with Crippen LogP contribution in [0.2, 0.25) is 10.0 Å². The Balaban J connectivity index is 1.61. The minimum Gasteiger partial charge on any atom is -0.487 e. The van der Waals surface area contributed by atoms with E-state index in [0.29, 0.717) is 11.6 Å². The van der Waals surface area contributed by atoms with Crippen LogP contribution in [0, 0.1) is 0 Å². The predicted molar refractivity (Wildman–Crippen MR) is 151 cm³/mol. The molecule has 0 spiro atoms. The first-order valence-corrected chi connectivity index (χ1v) is 13.8. The lowest BCUT2D eigenvalue weighted by Gasteiger charge is -2.14. The fourth-order valence-corrected chi connectivity index (χ4v) is 4.87. The summed E-state index contributed by atoms with van der Waals surface area (Å²) >= 11 is 12.9. The Hall–Kier alpha value is -4.12. The van der Waals surface area contributed by atoms with E-state index in [2.05, 4.69) is 15.4 Å². The molecule has 248 valence electrons. The van der Waals surface area contributed by atoms with Crippen molar-refractivity contribution in [2.45, 2.75) is 31.6 Å². The van der Waals surface area contributed by atoms with Crippen molar-refractivity contribution < 1.29 is 49.4 Å². The number of benzene rings is 2. The fourth-order valence-electron chi connectivity index (χ4n) is 4.31. The number of alkyl halides is 8. The van der Waals surface area contributed by atoms with Gasteiger partial charge in [0.15, 0.2) is 11.5 Å². The molecule has 4 aromatic rings. The van der Waals surface area contributed by atoms with E-state index >= 15 is 0 Å². The van der Waals surface area contributed by atoms with E-state index in [-0.39, 0.29) is 51.2 Å². The molecule has 0 fully saturated rings. The van der Waals surface area contributed by atoms with Gasteiger partial charge in [0.1, 0.15) is 24.6 Å². The summed E-state index contributed by atoms with van der Waals surface area (Å²) < 4.78 is 110. The second kappa shape index (κ2) is 13.3. The minimum atomic E-state index is -4.73. The molecule has 0 bridgehead atoms. The van der Waals surface area contributed by atoms with Gasteiger partial charge in [-0.2, -0.15) is 31.4 Å². The molecular formula is C27H22Cl2F8N6O3. The number of fused-ring (bicyclic) bond motifs is 1. The summed E-state index contributed by atoms with van der Waals surface area (Å²) in [5.41, 5.74) is -1.13. The predicted octanol–water partition coefficient (Wildman–Crippen LogP) is 7.13. The average molecular weight is 701 g/mol. The van der Waals surface area contributed by atoms with Crippen LogP contribution in [0.15, 0.2) is 30.3 Å². The van der Waals surface area contributed by atoms with Crippen LogP contribution in [0.3, 0.4) is 0 Å². The lowest BCUT2D eigenvalue weighted by Crippen LogP contribution is -2.34. The number of hydrogen-bond acceptors (Lipinski definition) is 6. The van der Waals surface area contributed by atoms with Gasteiger partial charge < -0.3 is 19.9 Å². The highest BCUT2D eigenvalue weighted by molar-refractivity contribution is 6.39. The van der Waals surface area contributed by atoms with Crippen molar-refractivity contribution in [2.75, 3.05) is 18.5 Å². The molecule has 0 radical (unpaired) electrons. The summed E-state index contributed by atoms with van der Waals surface area (Å²) in [6.07, 6.45) is -12.6. The Morgan fingerprint density at radius 2 is 1.74 bits per heavy atom. The third-order valence-electron chi connectivity index (χ3n) is 6.53. The lowest BCUT2D eigenvalue weighted by molar-refractivity contribution is -0.141. The number of ketones is 1. The number of halogens is 10. The number of carbonyl (C=O) groups is 2. The molecule has 4 rings (SSSR count). The monoisotopic (exact) mass is 700 g/mol. The van der Waals surface area contributed by atoms with Crippen molar-refractivity contribution in [1.29, 1.82) is 0 Å². The number of nitrogens with one attached hydrogen (secondary N) is 2. The van der Waals surface area contributed by atoms with Gasteiger partial charge in [-0.25, -0.2) is 13.8 Å². The average Bonchev–Trinajstić information content (AvgIpc) is 3.50. The Kier molecular flexibility index (Phi) is 10.1. The maximum Gasteiger partial charge on any atom is 0.435 e. The molecule has 2 heterocycles. The van der Waals surface area contributed by atoms with Crippen molar-refractivity contribution in [3.63, 3.8) is 0 Å². The summed E-state index contributed by atoms with van der Waals surface area (Å²) in [6, 6.07) is 5.84. The first-order chi connectivity index (χ1) is 21.4.